The minimum Gasteiger partial charge on any atom is -0.756 e. The van der Waals surface area contributed by atoms with Crippen LogP contribution in [-0.4, -0.2) is 70.0 Å². The van der Waals surface area contributed by atoms with Crippen LogP contribution in [0.5, 0.6) is 0 Å². The zero-order chi connectivity index (χ0) is 40.0. The number of allylic oxidation sites excluding steroid dienone is 6. The Hall–Kier alpha value is -1.77. The third-order valence-electron chi connectivity index (χ3n) is 9.13. The van der Waals surface area contributed by atoms with Crippen LogP contribution in [0.15, 0.2) is 36.5 Å². The Morgan fingerprint density at radius 3 is 1.54 bits per heavy atom. The summed E-state index contributed by atoms with van der Waals surface area (Å²) in [6.45, 7) is 4.16. The first kappa shape index (κ1) is 52.2. The Kier molecular flexibility index (Phi) is 35.6. The molecule has 10 heteroatoms. The number of rotatable bonds is 39. The molecule has 0 fully saturated rings. The lowest BCUT2D eigenvalue weighted by atomic mass is 10.1. The minimum absolute atomic E-state index is 0.0375. The van der Waals surface area contributed by atoms with Gasteiger partial charge in [0.2, 0.25) is 0 Å². The molecule has 54 heavy (non-hydrogen) atoms. The molecule has 0 spiro atoms. The average Bonchev–Trinajstić information content (AvgIpc) is 3.12. The SMILES string of the molecule is CCCCCC/C=C/CCCCCCCCCC(=O)OC[C@H](COP(=O)([O-])OCC[N+](C)(C)C)OC(=O)CCCC/C=C/C/C=C/CCCCCCCC. The third-order valence-corrected chi connectivity index (χ3v) is 10.1. The largest absolute Gasteiger partial charge is 0.756 e. The fourth-order valence-corrected chi connectivity index (χ4v) is 6.41. The van der Waals surface area contributed by atoms with Gasteiger partial charge < -0.3 is 27.9 Å². The van der Waals surface area contributed by atoms with Crippen LogP contribution < -0.4 is 4.89 Å². The predicted octanol–water partition coefficient (Wildman–Crippen LogP) is 11.5. The van der Waals surface area contributed by atoms with E-state index in [0.717, 1.165) is 57.8 Å². The Labute approximate surface area is 331 Å². The van der Waals surface area contributed by atoms with Gasteiger partial charge in [0.1, 0.15) is 19.8 Å². The number of esters is 2. The zero-order valence-electron chi connectivity index (χ0n) is 35.4. The van der Waals surface area contributed by atoms with Crippen LogP contribution in [-0.2, 0) is 32.7 Å². The Balaban J connectivity index is 4.43. The van der Waals surface area contributed by atoms with Gasteiger partial charge in [-0.2, -0.15) is 0 Å². The normalized spacial score (nSPS) is 14.0. The van der Waals surface area contributed by atoms with Gasteiger partial charge in [0, 0.05) is 12.8 Å². The number of quaternary nitrogens is 1. The number of carbonyl (C=O) groups excluding carboxylic acids is 2. The number of phosphoric acid groups is 1. The summed E-state index contributed by atoms with van der Waals surface area (Å²) in [6.07, 6.45) is 40.3. The van der Waals surface area contributed by atoms with E-state index in [4.69, 9.17) is 18.5 Å². The van der Waals surface area contributed by atoms with Gasteiger partial charge in [-0.25, -0.2) is 0 Å². The molecule has 9 nitrogen and oxygen atoms in total. The lowest BCUT2D eigenvalue weighted by Gasteiger charge is -2.28. The van der Waals surface area contributed by atoms with Crippen molar-refractivity contribution in [1.29, 1.82) is 0 Å². The summed E-state index contributed by atoms with van der Waals surface area (Å²) >= 11 is 0. The molecular weight excluding hydrogens is 701 g/mol. The fourth-order valence-electron chi connectivity index (χ4n) is 5.68. The number of hydrogen-bond acceptors (Lipinski definition) is 8. The summed E-state index contributed by atoms with van der Waals surface area (Å²) in [5, 5.41) is 0. The topological polar surface area (TPSA) is 111 Å². The maximum Gasteiger partial charge on any atom is 0.306 e. The van der Waals surface area contributed by atoms with E-state index in [1.165, 1.54) is 89.9 Å². The highest BCUT2D eigenvalue weighted by molar-refractivity contribution is 7.45. The van der Waals surface area contributed by atoms with Gasteiger partial charge in [0.25, 0.3) is 7.82 Å². The van der Waals surface area contributed by atoms with Crippen molar-refractivity contribution in [3.63, 3.8) is 0 Å². The van der Waals surface area contributed by atoms with Gasteiger partial charge in [0.05, 0.1) is 27.7 Å². The number of hydrogen-bond donors (Lipinski definition) is 0. The van der Waals surface area contributed by atoms with E-state index in [1.54, 1.807) is 0 Å². The second kappa shape index (κ2) is 36.8. The van der Waals surface area contributed by atoms with Gasteiger partial charge in [0.15, 0.2) is 6.10 Å². The molecule has 0 aliphatic rings. The number of unbranched alkanes of at least 4 members (excludes halogenated alkanes) is 19. The molecule has 0 heterocycles. The second-order valence-corrected chi connectivity index (χ2v) is 17.1. The number of carbonyl (C=O) groups is 2. The maximum atomic E-state index is 12.6. The van der Waals surface area contributed by atoms with E-state index < -0.39 is 32.5 Å². The first-order valence-corrected chi connectivity index (χ1v) is 23.2. The van der Waals surface area contributed by atoms with E-state index in [1.807, 2.05) is 21.1 Å². The van der Waals surface area contributed by atoms with Crippen LogP contribution >= 0.6 is 7.82 Å². The molecule has 0 amide bonds. The molecule has 0 N–H and O–H groups in total. The fraction of sp³-hybridized carbons (Fsp3) is 0.818. The molecule has 0 bridgehead atoms. The molecule has 0 aliphatic carbocycles. The van der Waals surface area contributed by atoms with E-state index >= 15 is 0 Å². The monoisotopic (exact) mass is 784 g/mol. The van der Waals surface area contributed by atoms with Gasteiger partial charge in [-0.3, -0.25) is 14.2 Å². The molecule has 0 saturated carbocycles. The number of nitrogens with zero attached hydrogens (tertiary/aromatic N) is 1. The van der Waals surface area contributed by atoms with Crippen LogP contribution in [0, 0.1) is 0 Å². The highest BCUT2D eigenvalue weighted by Crippen LogP contribution is 2.38. The summed E-state index contributed by atoms with van der Waals surface area (Å²) in [5.74, 6) is -0.877. The van der Waals surface area contributed by atoms with Crippen molar-refractivity contribution in [2.24, 2.45) is 0 Å². The van der Waals surface area contributed by atoms with Crippen molar-refractivity contribution in [2.45, 2.75) is 187 Å². The average molecular weight is 784 g/mol. The summed E-state index contributed by atoms with van der Waals surface area (Å²) in [4.78, 5) is 37.5. The standard InChI is InChI=1S/C44H82NO8P/c1-6-8-10-12-14-16-18-20-22-24-26-28-30-32-34-36-43(46)50-40-42(41-52-54(48,49)51-39-38-45(3,4)5)53-44(47)37-35-33-31-29-27-25-23-21-19-17-15-13-11-9-7-2/h16,18,21,23,27,29,42H,6-15,17,19-20,22,24-26,28,30-41H2,1-5H3/b18-16+,23-21+,29-27+/t42-/m1/s1. The van der Waals surface area contributed by atoms with Gasteiger partial charge in [-0.15, -0.1) is 0 Å². The number of likely N-dealkylation sites (N-methyl/N-ethyl adjacent to an activating group) is 1. The minimum atomic E-state index is -4.63. The zero-order valence-corrected chi connectivity index (χ0v) is 36.3. The Morgan fingerprint density at radius 2 is 1.00 bits per heavy atom. The predicted molar refractivity (Wildman–Crippen MR) is 222 cm³/mol. The molecular formula is C44H82NO8P. The highest BCUT2D eigenvalue weighted by atomic mass is 31.2. The molecule has 0 saturated heterocycles. The van der Waals surface area contributed by atoms with E-state index in [9.17, 15) is 19.0 Å². The quantitative estimate of drug-likeness (QED) is 0.0199. The van der Waals surface area contributed by atoms with Crippen LogP contribution in [0.1, 0.15) is 181 Å². The molecule has 2 atom stereocenters. The van der Waals surface area contributed by atoms with Crippen LogP contribution in [0.25, 0.3) is 0 Å². The number of phosphoric ester groups is 1. The molecule has 0 aromatic carbocycles. The first-order chi connectivity index (χ1) is 26.0. The Morgan fingerprint density at radius 1 is 0.574 bits per heavy atom. The highest BCUT2D eigenvalue weighted by Gasteiger charge is 2.21. The Bertz CT molecular complexity index is 1020. The number of ether oxygens (including phenoxy) is 2. The summed E-state index contributed by atoms with van der Waals surface area (Å²) in [7, 11) is 1.14. The van der Waals surface area contributed by atoms with Crippen LogP contribution in [0.2, 0.25) is 0 Å². The van der Waals surface area contributed by atoms with E-state index in [-0.39, 0.29) is 26.1 Å². The van der Waals surface area contributed by atoms with Crippen LogP contribution in [0.3, 0.4) is 0 Å². The molecule has 0 rings (SSSR count). The molecule has 0 aromatic rings. The van der Waals surface area contributed by atoms with Crippen molar-refractivity contribution in [2.75, 3.05) is 47.5 Å². The molecule has 0 aromatic heterocycles. The van der Waals surface area contributed by atoms with Crippen molar-refractivity contribution < 1.29 is 42.1 Å². The van der Waals surface area contributed by atoms with Crippen molar-refractivity contribution in [3.05, 3.63) is 36.5 Å². The molecule has 316 valence electrons. The van der Waals surface area contributed by atoms with E-state index in [0.29, 0.717) is 17.4 Å². The van der Waals surface area contributed by atoms with Crippen LogP contribution in [0.4, 0.5) is 0 Å². The lowest BCUT2D eigenvalue weighted by Crippen LogP contribution is -2.37. The first-order valence-electron chi connectivity index (χ1n) is 21.7. The smallest absolute Gasteiger partial charge is 0.306 e. The van der Waals surface area contributed by atoms with Crippen molar-refractivity contribution in [1.82, 2.24) is 0 Å². The molecule has 0 radical (unpaired) electrons. The maximum absolute atomic E-state index is 12.6. The van der Waals surface area contributed by atoms with Gasteiger partial charge >= 0.3 is 11.9 Å². The third kappa shape index (κ3) is 39.9. The molecule has 1 unspecified atom stereocenters. The summed E-state index contributed by atoms with van der Waals surface area (Å²) in [6, 6.07) is 0. The second-order valence-electron chi connectivity index (χ2n) is 15.7. The van der Waals surface area contributed by atoms with Crippen molar-refractivity contribution in [3.8, 4) is 0 Å². The summed E-state index contributed by atoms with van der Waals surface area (Å²) < 4.78 is 33.8. The van der Waals surface area contributed by atoms with Gasteiger partial charge in [-0.1, -0.05) is 134 Å². The van der Waals surface area contributed by atoms with E-state index in [2.05, 4.69) is 50.3 Å². The lowest BCUT2D eigenvalue weighted by molar-refractivity contribution is -0.870. The molecule has 0 aliphatic heterocycles. The van der Waals surface area contributed by atoms with Gasteiger partial charge in [-0.05, 0) is 70.6 Å². The summed E-state index contributed by atoms with van der Waals surface area (Å²) in [5.41, 5.74) is 0. The van der Waals surface area contributed by atoms with Crippen molar-refractivity contribution >= 4 is 19.8 Å².